The lowest BCUT2D eigenvalue weighted by Crippen LogP contribution is -2.26. The number of nitrogens with one attached hydrogen (secondary N) is 1. The summed E-state index contributed by atoms with van der Waals surface area (Å²) in [4.78, 5) is 12.1. The van der Waals surface area contributed by atoms with Crippen LogP contribution in [0, 0.1) is 3.57 Å². The molecule has 2 aromatic rings. The van der Waals surface area contributed by atoms with E-state index in [-0.39, 0.29) is 5.91 Å². The second-order valence-electron chi connectivity index (χ2n) is 4.69. The molecule has 0 spiro atoms. The van der Waals surface area contributed by atoms with Crippen LogP contribution in [-0.4, -0.2) is 36.5 Å². The highest BCUT2D eigenvalue weighted by atomic mass is 127. The minimum absolute atomic E-state index is 0.162. The molecule has 2 rings (SSSR count). The van der Waals surface area contributed by atoms with E-state index in [9.17, 15) is 4.79 Å². The lowest BCUT2D eigenvalue weighted by molar-refractivity contribution is 0.0947. The van der Waals surface area contributed by atoms with E-state index in [4.69, 9.17) is 9.47 Å². The second-order valence-corrected chi connectivity index (χ2v) is 5.86. The van der Waals surface area contributed by atoms with Crippen molar-refractivity contribution in [2.75, 3.05) is 20.8 Å². The number of halogens is 1. The van der Waals surface area contributed by atoms with Crippen LogP contribution in [0.15, 0.2) is 24.4 Å². The van der Waals surface area contributed by atoms with Gasteiger partial charge in [-0.3, -0.25) is 9.48 Å². The molecule has 0 atom stereocenters. The van der Waals surface area contributed by atoms with Crippen molar-refractivity contribution in [1.82, 2.24) is 15.1 Å². The molecule has 1 N–H and O–H groups in total. The fraction of sp³-hybridized carbons (Fsp3) is 0.333. The number of methoxy groups -OCH3 is 2. The smallest absolute Gasteiger partial charge is 0.272 e. The van der Waals surface area contributed by atoms with E-state index in [2.05, 4.69) is 33.0 Å². The fourth-order valence-electron chi connectivity index (χ4n) is 2.05. The Labute approximate surface area is 142 Å². The summed E-state index contributed by atoms with van der Waals surface area (Å²) in [6.45, 7) is 0.529. The monoisotopic (exact) mass is 415 g/mol. The van der Waals surface area contributed by atoms with Gasteiger partial charge in [0.05, 0.1) is 17.8 Å². The van der Waals surface area contributed by atoms with Gasteiger partial charge in [0.1, 0.15) is 0 Å². The summed E-state index contributed by atoms with van der Waals surface area (Å²) in [6, 6.07) is 5.73. The van der Waals surface area contributed by atoms with Crippen LogP contribution in [0.5, 0.6) is 11.5 Å². The average Bonchev–Trinajstić information content (AvgIpc) is 2.85. The first-order valence-corrected chi connectivity index (χ1v) is 7.81. The van der Waals surface area contributed by atoms with Gasteiger partial charge in [0.25, 0.3) is 5.91 Å². The Hall–Kier alpha value is -1.77. The van der Waals surface area contributed by atoms with Crippen molar-refractivity contribution in [3.8, 4) is 11.5 Å². The molecule has 1 aromatic carbocycles. The standard InChI is InChI=1S/C15H18IN3O3/c1-19-9-11(16)14(18-19)15(20)17-7-6-10-4-5-12(21-2)13(8-10)22-3/h4-5,8-9H,6-7H2,1-3H3,(H,17,20). The Morgan fingerprint density at radius 3 is 2.64 bits per heavy atom. The molecular formula is C15H18IN3O3. The molecule has 0 unspecified atom stereocenters. The van der Waals surface area contributed by atoms with Crippen molar-refractivity contribution in [1.29, 1.82) is 0 Å². The van der Waals surface area contributed by atoms with Gasteiger partial charge in [-0.2, -0.15) is 5.10 Å². The first-order valence-electron chi connectivity index (χ1n) is 6.73. The molecule has 0 saturated heterocycles. The number of aryl methyl sites for hydroxylation is 1. The summed E-state index contributed by atoms with van der Waals surface area (Å²) < 4.78 is 12.9. The highest BCUT2D eigenvalue weighted by molar-refractivity contribution is 14.1. The van der Waals surface area contributed by atoms with E-state index < -0.39 is 0 Å². The third kappa shape index (κ3) is 3.90. The summed E-state index contributed by atoms with van der Waals surface area (Å²) in [5, 5.41) is 7.02. The quantitative estimate of drug-likeness (QED) is 0.734. The Morgan fingerprint density at radius 1 is 1.32 bits per heavy atom. The van der Waals surface area contributed by atoms with Crippen LogP contribution >= 0.6 is 22.6 Å². The maximum Gasteiger partial charge on any atom is 0.272 e. The summed E-state index contributed by atoms with van der Waals surface area (Å²) in [6.07, 6.45) is 2.51. The number of ether oxygens (including phenoxy) is 2. The highest BCUT2D eigenvalue weighted by Gasteiger charge is 2.13. The molecular weight excluding hydrogens is 397 g/mol. The zero-order valence-corrected chi connectivity index (χ0v) is 14.9. The van der Waals surface area contributed by atoms with E-state index in [0.29, 0.717) is 30.2 Å². The maximum absolute atomic E-state index is 12.1. The Bertz CT molecular complexity index is 670. The van der Waals surface area contributed by atoms with Gasteiger partial charge in [0, 0.05) is 19.8 Å². The van der Waals surface area contributed by atoms with Crippen LogP contribution in [0.25, 0.3) is 0 Å². The molecule has 0 aliphatic carbocycles. The molecule has 0 fully saturated rings. The zero-order chi connectivity index (χ0) is 16.1. The van der Waals surface area contributed by atoms with Crippen molar-refractivity contribution in [2.24, 2.45) is 7.05 Å². The summed E-state index contributed by atoms with van der Waals surface area (Å²) in [5.74, 6) is 1.22. The third-order valence-electron chi connectivity index (χ3n) is 3.15. The first kappa shape index (κ1) is 16.6. The molecule has 0 bridgehead atoms. The van der Waals surface area contributed by atoms with Crippen LogP contribution in [0.2, 0.25) is 0 Å². The van der Waals surface area contributed by atoms with Crippen LogP contribution in [0.4, 0.5) is 0 Å². The van der Waals surface area contributed by atoms with Crippen molar-refractivity contribution in [3.05, 3.63) is 39.2 Å². The van der Waals surface area contributed by atoms with Crippen molar-refractivity contribution < 1.29 is 14.3 Å². The molecule has 0 radical (unpaired) electrons. The Kier molecular flexibility index (Phi) is 5.64. The van der Waals surface area contributed by atoms with Gasteiger partial charge in [-0.1, -0.05) is 6.07 Å². The third-order valence-corrected chi connectivity index (χ3v) is 3.94. The predicted octanol–water partition coefficient (Wildman–Crippen LogP) is 2.01. The lowest BCUT2D eigenvalue weighted by atomic mass is 10.1. The van der Waals surface area contributed by atoms with E-state index in [1.54, 1.807) is 25.9 Å². The van der Waals surface area contributed by atoms with Crippen LogP contribution < -0.4 is 14.8 Å². The van der Waals surface area contributed by atoms with Gasteiger partial charge >= 0.3 is 0 Å². The van der Waals surface area contributed by atoms with Crippen LogP contribution in [0.1, 0.15) is 16.1 Å². The lowest BCUT2D eigenvalue weighted by Gasteiger charge is -2.10. The minimum atomic E-state index is -0.162. The number of rotatable bonds is 6. The molecule has 0 aliphatic rings. The van der Waals surface area contributed by atoms with Gasteiger partial charge in [-0.05, 0) is 46.7 Å². The van der Waals surface area contributed by atoms with Crippen molar-refractivity contribution >= 4 is 28.5 Å². The SMILES string of the molecule is COc1ccc(CCNC(=O)c2nn(C)cc2I)cc1OC. The fourth-order valence-corrected chi connectivity index (χ4v) is 2.81. The maximum atomic E-state index is 12.1. The molecule has 1 heterocycles. The van der Waals surface area contributed by atoms with Gasteiger partial charge in [0.2, 0.25) is 0 Å². The number of hydrogen-bond acceptors (Lipinski definition) is 4. The van der Waals surface area contributed by atoms with Crippen molar-refractivity contribution in [3.63, 3.8) is 0 Å². The van der Waals surface area contributed by atoms with Crippen LogP contribution in [-0.2, 0) is 13.5 Å². The average molecular weight is 415 g/mol. The molecule has 22 heavy (non-hydrogen) atoms. The second kappa shape index (κ2) is 7.48. The van der Waals surface area contributed by atoms with E-state index >= 15 is 0 Å². The molecule has 0 aliphatic heterocycles. The molecule has 118 valence electrons. The topological polar surface area (TPSA) is 65.4 Å². The van der Waals surface area contributed by atoms with Gasteiger partial charge < -0.3 is 14.8 Å². The van der Waals surface area contributed by atoms with E-state index in [0.717, 1.165) is 9.13 Å². The Morgan fingerprint density at radius 2 is 2.05 bits per heavy atom. The molecule has 0 saturated carbocycles. The van der Waals surface area contributed by atoms with E-state index in [1.807, 2.05) is 24.4 Å². The minimum Gasteiger partial charge on any atom is -0.493 e. The number of benzene rings is 1. The number of nitrogens with zero attached hydrogens (tertiary/aromatic N) is 2. The highest BCUT2D eigenvalue weighted by Crippen LogP contribution is 2.27. The largest absolute Gasteiger partial charge is 0.493 e. The number of hydrogen-bond donors (Lipinski definition) is 1. The first-order chi connectivity index (χ1) is 10.5. The summed E-state index contributed by atoms with van der Waals surface area (Å²) in [5.41, 5.74) is 1.52. The Balaban J connectivity index is 1.93. The van der Waals surface area contributed by atoms with E-state index in [1.165, 1.54) is 0 Å². The molecule has 6 nitrogen and oxygen atoms in total. The molecule has 1 aromatic heterocycles. The zero-order valence-electron chi connectivity index (χ0n) is 12.7. The summed E-state index contributed by atoms with van der Waals surface area (Å²) >= 11 is 2.10. The van der Waals surface area contributed by atoms with Crippen molar-refractivity contribution in [2.45, 2.75) is 6.42 Å². The van der Waals surface area contributed by atoms with Gasteiger partial charge in [0.15, 0.2) is 17.2 Å². The predicted molar refractivity (Wildman–Crippen MR) is 91.5 cm³/mol. The number of amides is 1. The number of carbonyl (C=O) groups excluding carboxylic acids is 1. The normalized spacial score (nSPS) is 10.4. The van der Waals surface area contributed by atoms with Gasteiger partial charge in [-0.25, -0.2) is 0 Å². The van der Waals surface area contributed by atoms with Gasteiger partial charge in [-0.15, -0.1) is 0 Å². The van der Waals surface area contributed by atoms with Crippen LogP contribution in [0.3, 0.4) is 0 Å². The number of carbonyl (C=O) groups is 1. The molecule has 1 amide bonds. The number of aromatic nitrogens is 2. The molecule has 7 heteroatoms. The summed E-state index contributed by atoms with van der Waals surface area (Å²) in [7, 11) is 5.00.